The zero-order chi connectivity index (χ0) is 19.6. The predicted octanol–water partition coefficient (Wildman–Crippen LogP) is 4.59. The van der Waals surface area contributed by atoms with Gasteiger partial charge in [-0.1, -0.05) is 31.5 Å². The van der Waals surface area contributed by atoms with E-state index >= 15 is 0 Å². The van der Waals surface area contributed by atoms with Crippen molar-refractivity contribution in [3.05, 3.63) is 50.7 Å². The zero-order valence-corrected chi connectivity index (χ0v) is 17.4. The summed E-state index contributed by atoms with van der Waals surface area (Å²) in [7, 11) is 1.69. The molecule has 27 heavy (non-hydrogen) atoms. The Hall–Kier alpha value is -2.14. The van der Waals surface area contributed by atoms with Crippen LogP contribution in [-0.4, -0.2) is 30.3 Å². The summed E-state index contributed by atoms with van der Waals surface area (Å²) in [6.45, 7) is 6.22. The summed E-state index contributed by atoms with van der Waals surface area (Å²) >= 11 is 1.60. The number of carbonyl (C=O) groups is 2. The molecule has 0 aliphatic heterocycles. The smallest absolute Gasteiger partial charge is 0.264 e. The maximum atomic E-state index is 12.8. The van der Waals surface area contributed by atoms with Gasteiger partial charge in [0.2, 0.25) is 5.91 Å². The summed E-state index contributed by atoms with van der Waals surface area (Å²) < 4.78 is 0. The quantitative estimate of drug-likeness (QED) is 0.820. The second-order valence-corrected chi connectivity index (χ2v) is 8.69. The fraction of sp³-hybridized carbons (Fsp3) is 0.455. The highest BCUT2D eigenvalue weighted by molar-refractivity contribution is 7.14. The van der Waals surface area contributed by atoms with Gasteiger partial charge < -0.3 is 10.2 Å². The number of hydrogen-bond acceptors (Lipinski definition) is 3. The molecule has 0 bridgehead atoms. The summed E-state index contributed by atoms with van der Waals surface area (Å²) in [5.41, 5.74) is 4.21. The Morgan fingerprint density at radius 3 is 2.63 bits per heavy atom. The molecule has 1 aromatic carbocycles. The Morgan fingerprint density at radius 1 is 1.26 bits per heavy atom. The molecule has 3 rings (SSSR count). The number of amides is 2. The zero-order valence-electron chi connectivity index (χ0n) is 16.6. The first-order chi connectivity index (χ1) is 12.9. The summed E-state index contributed by atoms with van der Waals surface area (Å²) in [5.74, 6) is 0.491. The minimum Gasteiger partial charge on any atom is -0.332 e. The van der Waals surface area contributed by atoms with Crippen molar-refractivity contribution in [2.24, 2.45) is 5.92 Å². The molecule has 0 unspecified atom stereocenters. The number of nitrogens with zero attached hydrogens (tertiary/aromatic N) is 1. The number of benzene rings is 1. The topological polar surface area (TPSA) is 49.4 Å². The number of thiophene rings is 1. The van der Waals surface area contributed by atoms with Crippen LogP contribution in [0.1, 0.15) is 51.0 Å². The van der Waals surface area contributed by atoms with Crippen LogP contribution < -0.4 is 5.32 Å². The summed E-state index contributed by atoms with van der Waals surface area (Å²) in [4.78, 5) is 28.8. The molecular formula is C22H28N2O2S. The van der Waals surface area contributed by atoms with Crippen molar-refractivity contribution >= 4 is 28.8 Å². The minimum atomic E-state index is -0.171. The van der Waals surface area contributed by atoms with E-state index in [1.807, 2.05) is 38.1 Å². The summed E-state index contributed by atoms with van der Waals surface area (Å²) in [5, 5.41) is 2.95. The van der Waals surface area contributed by atoms with Gasteiger partial charge in [-0.25, -0.2) is 0 Å². The Morgan fingerprint density at radius 2 is 1.96 bits per heavy atom. The molecular weight excluding hydrogens is 356 g/mol. The molecule has 144 valence electrons. The third-order valence-corrected chi connectivity index (χ3v) is 6.67. The van der Waals surface area contributed by atoms with Crippen molar-refractivity contribution in [2.45, 2.75) is 46.5 Å². The van der Waals surface area contributed by atoms with E-state index in [2.05, 4.69) is 12.2 Å². The van der Waals surface area contributed by atoms with Crippen LogP contribution in [0.2, 0.25) is 0 Å². The highest BCUT2D eigenvalue weighted by atomic mass is 32.1. The van der Waals surface area contributed by atoms with Gasteiger partial charge in [0.15, 0.2) is 0 Å². The monoisotopic (exact) mass is 384 g/mol. The summed E-state index contributed by atoms with van der Waals surface area (Å²) in [6, 6.07) is 7.95. The van der Waals surface area contributed by atoms with Gasteiger partial charge in [0.1, 0.15) is 0 Å². The van der Waals surface area contributed by atoms with Crippen LogP contribution in [0.25, 0.3) is 0 Å². The number of fused-ring (bicyclic) bond motifs is 1. The number of hydrogen-bond donors (Lipinski definition) is 1. The average Bonchev–Trinajstić information content (AvgIpc) is 3.07. The first kappa shape index (κ1) is 19.6. The molecule has 1 aliphatic rings. The van der Waals surface area contributed by atoms with E-state index in [4.69, 9.17) is 0 Å². The lowest BCUT2D eigenvalue weighted by Gasteiger charge is -2.19. The van der Waals surface area contributed by atoms with Crippen molar-refractivity contribution < 1.29 is 9.59 Å². The molecule has 4 nitrogen and oxygen atoms in total. The molecule has 0 fully saturated rings. The van der Waals surface area contributed by atoms with Crippen LogP contribution in [0.5, 0.6) is 0 Å². The lowest BCUT2D eigenvalue weighted by molar-refractivity contribution is -0.116. The Balaban J connectivity index is 1.64. The largest absolute Gasteiger partial charge is 0.332 e. The van der Waals surface area contributed by atoms with Crippen molar-refractivity contribution in [3.63, 3.8) is 0 Å². The fourth-order valence-corrected chi connectivity index (χ4v) is 4.92. The van der Waals surface area contributed by atoms with E-state index in [0.29, 0.717) is 0 Å². The van der Waals surface area contributed by atoms with Crippen molar-refractivity contribution in [1.29, 1.82) is 0 Å². The lowest BCUT2D eigenvalue weighted by Crippen LogP contribution is -2.34. The Kier molecular flexibility index (Phi) is 6.00. The first-order valence-corrected chi connectivity index (χ1v) is 10.4. The van der Waals surface area contributed by atoms with E-state index in [1.54, 1.807) is 18.4 Å². The van der Waals surface area contributed by atoms with Crippen molar-refractivity contribution in [2.75, 3.05) is 18.9 Å². The van der Waals surface area contributed by atoms with Gasteiger partial charge in [-0.05, 0) is 61.8 Å². The molecule has 0 saturated heterocycles. The predicted molar refractivity (Wildman–Crippen MR) is 112 cm³/mol. The summed E-state index contributed by atoms with van der Waals surface area (Å²) in [6.07, 6.45) is 4.55. The molecule has 5 heteroatoms. The van der Waals surface area contributed by atoms with Crippen molar-refractivity contribution in [1.82, 2.24) is 4.90 Å². The van der Waals surface area contributed by atoms with Crippen LogP contribution in [0, 0.1) is 19.8 Å². The second-order valence-electron chi connectivity index (χ2n) is 7.55. The number of carbonyl (C=O) groups excluding carboxylic acids is 2. The number of likely N-dealkylation sites (N-methyl/N-ethyl adjacent to an activating group) is 1. The highest BCUT2D eigenvalue weighted by Gasteiger charge is 2.24. The molecule has 1 heterocycles. The SMILES string of the molecule is CC[C@@H]1CCc2sc(C(=O)N(C)CC(=O)Nc3c(C)cccc3C)cc2C1. The van der Waals surface area contributed by atoms with E-state index < -0.39 is 0 Å². The Labute approximate surface area is 165 Å². The molecule has 2 amide bonds. The second kappa shape index (κ2) is 8.26. The molecule has 2 aromatic rings. The standard InChI is InChI=1S/C22H28N2O2S/c1-5-16-9-10-18-17(11-16)12-19(27-18)22(26)24(4)13-20(25)23-21-14(2)7-6-8-15(21)3/h6-8,12,16H,5,9-11,13H2,1-4H3,(H,23,25)/t16-/m1/s1. The van der Waals surface area contributed by atoms with Crippen LogP contribution in [-0.2, 0) is 17.6 Å². The van der Waals surface area contributed by atoms with Gasteiger partial charge in [0.25, 0.3) is 5.91 Å². The number of rotatable bonds is 5. The average molecular weight is 385 g/mol. The van der Waals surface area contributed by atoms with E-state index in [9.17, 15) is 9.59 Å². The molecule has 0 radical (unpaired) electrons. The normalized spacial score (nSPS) is 15.9. The van der Waals surface area contributed by atoms with Gasteiger partial charge >= 0.3 is 0 Å². The Bertz CT molecular complexity index is 836. The van der Waals surface area contributed by atoms with Gasteiger partial charge in [0, 0.05) is 17.6 Å². The van der Waals surface area contributed by atoms with Crippen molar-refractivity contribution in [3.8, 4) is 0 Å². The third kappa shape index (κ3) is 4.41. The first-order valence-electron chi connectivity index (χ1n) is 9.62. The molecule has 0 spiro atoms. The minimum absolute atomic E-state index is 0.0484. The lowest BCUT2D eigenvalue weighted by atomic mass is 9.87. The molecule has 1 aromatic heterocycles. The number of anilines is 1. The van der Waals surface area contributed by atoms with E-state index in [1.165, 1.54) is 28.2 Å². The third-order valence-electron chi connectivity index (χ3n) is 5.45. The van der Waals surface area contributed by atoms with Crippen LogP contribution >= 0.6 is 11.3 Å². The van der Waals surface area contributed by atoms with E-state index in [0.717, 1.165) is 40.5 Å². The van der Waals surface area contributed by atoms with E-state index in [-0.39, 0.29) is 18.4 Å². The van der Waals surface area contributed by atoms with Gasteiger partial charge in [-0.2, -0.15) is 0 Å². The van der Waals surface area contributed by atoms with Gasteiger partial charge in [-0.3, -0.25) is 9.59 Å². The number of nitrogens with one attached hydrogen (secondary N) is 1. The molecule has 1 atom stereocenters. The fourth-order valence-electron chi connectivity index (χ4n) is 3.72. The number of para-hydroxylation sites is 1. The maximum Gasteiger partial charge on any atom is 0.264 e. The molecule has 0 saturated carbocycles. The van der Waals surface area contributed by atoms with Crippen LogP contribution in [0.15, 0.2) is 24.3 Å². The number of aryl methyl sites for hydroxylation is 3. The van der Waals surface area contributed by atoms with Crippen LogP contribution in [0.3, 0.4) is 0 Å². The molecule has 1 aliphatic carbocycles. The molecule has 1 N–H and O–H groups in total. The van der Waals surface area contributed by atoms with Gasteiger partial charge in [-0.15, -0.1) is 11.3 Å². The maximum absolute atomic E-state index is 12.8. The van der Waals surface area contributed by atoms with Crippen LogP contribution in [0.4, 0.5) is 5.69 Å². The van der Waals surface area contributed by atoms with Gasteiger partial charge in [0.05, 0.1) is 11.4 Å². The highest BCUT2D eigenvalue weighted by Crippen LogP contribution is 2.34.